The zero-order chi connectivity index (χ0) is 10.8. The highest BCUT2D eigenvalue weighted by Gasteiger charge is 2.16. The number of hydrogen-bond acceptors (Lipinski definition) is 2. The van der Waals surface area contributed by atoms with Gasteiger partial charge >= 0.3 is 0 Å². The van der Waals surface area contributed by atoms with Crippen molar-refractivity contribution in [2.75, 3.05) is 13.2 Å². The third kappa shape index (κ3) is 2.07. The van der Waals surface area contributed by atoms with Crippen molar-refractivity contribution in [3.63, 3.8) is 0 Å². The van der Waals surface area contributed by atoms with Crippen LogP contribution < -0.4 is 10.1 Å². The van der Waals surface area contributed by atoms with Gasteiger partial charge in [-0.1, -0.05) is 12.1 Å². The Hall–Kier alpha value is -1.02. The van der Waals surface area contributed by atoms with E-state index in [0.29, 0.717) is 6.04 Å². The van der Waals surface area contributed by atoms with E-state index in [0.717, 1.165) is 18.8 Å². The second-order valence-electron chi connectivity index (χ2n) is 4.89. The molecule has 1 atom stereocenters. The molecule has 1 aromatic carbocycles. The summed E-state index contributed by atoms with van der Waals surface area (Å²) < 4.78 is 5.63. The average molecular weight is 217 g/mol. The lowest BCUT2D eigenvalue weighted by Gasteiger charge is -2.18. The first kappa shape index (κ1) is 10.2. The van der Waals surface area contributed by atoms with Gasteiger partial charge in [0, 0.05) is 6.04 Å². The van der Waals surface area contributed by atoms with Gasteiger partial charge in [0.05, 0.1) is 6.61 Å². The smallest absolute Gasteiger partial charge is 0.122 e. The molecule has 2 aliphatic rings. The predicted octanol–water partition coefficient (Wildman–Crippen LogP) is 2.31. The summed E-state index contributed by atoms with van der Waals surface area (Å²) in [5.74, 6) is 1.11. The first-order valence-corrected chi connectivity index (χ1v) is 6.40. The molecule has 0 aliphatic carbocycles. The number of benzene rings is 1. The highest BCUT2D eigenvalue weighted by atomic mass is 16.5. The molecule has 0 bridgehead atoms. The van der Waals surface area contributed by atoms with Crippen LogP contribution in [0.15, 0.2) is 18.2 Å². The fraction of sp³-hybridized carbons (Fsp3) is 0.571. The van der Waals surface area contributed by atoms with E-state index >= 15 is 0 Å². The predicted molar refractivity (Wildman–Crippen MR) is 65.0 cm³/mol. The Morgan fingerprint density at radius 3 is 3.19 bits per heavy atom. The van der Waals surface area contributed by atoms with E-state index in [4.69, 9.17) is 4.74 Å². The Morgan fingerprint density at radius 1 is 1.31 bits per heavy atom. The van der Waals surface area contributed by atoms with Crippen molar-refractivity contribution < 1.29 is 4.74 Å². The lowest BCUT2D eigenvalue weighted by Crippen LogP contribution is -2.23. The molecule has 3 rings (SSSR count). The summed E-state index contributed by atoms with van der Waals surface area (Å²) in [5.41, 5.74) is 2.87. The van der Waals surface area contributed by atoms with Crippen molar-refractivity contribution in [3.8, 4) is 5.75 Å². The summed E-state index contributed by atoms with van der Waals surface area (Å²) in [7, 11) is 0. The molecule has 2 nitrogen and oxygen atoms in total. The van der Waals surface area contributed by atoms with Gasteiger partial charge in [0.25, 0.3) is 0 Å². The lowest BCUT2D eigenvalue weighted by atomic mass is 9.99. The molecule has 1 N–H and O–H groups in total. The van der Waals surface area contributed by atoms with Gasteiger partial charge < -0.3 is 10.1 Å². The Morgan fingerprint density at radius 2 is 2.31 bits per heavy atom. The minimum Gasteiger partial charge on any atom is -0.493 e. The van der Waals surface area contributed by atoms with E-state index in [1.165, 1.54) is 43.4 Å². The topological polar surface area (TPSA) is 21.3 Å². The molecular weight excluding hydrogens is 198 g/mol. The van der Waals surface area contributed by atoms with E-state index in [1.54, 1.807) is 0 Å². The summed E-state index contributed by atoms with van der Waals surface area (Å²) in [6, 6.07) is 7.42. The molecule has 86 valence electrons. The number of aryl methyl sites for hydroxylation is 1. The van der Waals surface area contributed by atoms with Crippen LogP contribution in [0, 0.1) is 0 Å². The summed E-state index contributed by atoms with van der Waals surface area (Å²) in [6.07, 6.45) is 6.18. The van der Waals surface area contributed by atoms with Gasteiger partial charge in [-0.05, 0) is 55.8 Å². The summed E-state index contributed by atoms with van der Waals surface area (Å²) in [6.45, 7) is 2.08. The van der Waals surface area contributed by atoms with Crippen LogP contribution in [0.25, 0.3) is 0 Å². The summed E-state index contributed by atoms with van der Waals surface area (Å²) >= 11 is 0. The van der Waals surface area contributed by atoms with Crippen molar-refractivity contribution in [2.24, 2.45) is 0 Å². The Bertz CT molecular complexity index is 369. The van der Waals surface area contributed by atoms with Crippen molar-refractivity contribution >= 4 is 0 Å². The lowest BCUT2D eigenvalue weighted by molar-refractivity contribution is 0.288. The fourth-order valence-electron chi connectivity index (χ4n) is 2.76. The molecule has 0 amide bonds. The third-order valence-corrected chi connectivity index (χ3v) is 3.62. The van der Waals surface area contributed by atoms with E-state index < -0.39 is 0 Å². The second kappa shape index (κ2) is 4.46. The number of ether oxygens (including phenoxy) is 1. The molecule has 1 saturated heterocycles. The normalized spacial score (nSPS) is 23.9. The first-order valence-electron chi connectivity index (χ1n) is 6.40. The number of fused-ring (bicyclic) bond motifs is 1. The van der Waals surface area contributed by atoms with Crippen molar-refractivity contribution in [3.05, 3.63) is 29.3 Å². The molecule has 2 heteroatoms. The minimum absolute atomic E-state index is 0.697. The number of rotatable bonds is 2. The van der Waals surface area contributed by atoms with E-state index in [1.807, 2.05) is 0 Å². The Kier molecular flexibility index (Phi) is 2.83. The molecule has 1 aromatic rings. The molecule has 1 fully saturated rings. The van der Waals surface area contributed by atoms with Gasteiger partial charge in [-0.3, -0.25) is 0 Å². The van der Waals surface area contributed by atoms with Gasteiger partial charge in [0.1, 0.15) is 5.75 Å². The van der Waals surface area contributed by atoms with Gasteiger partial charge in [-0.25, -0.2) is 0 Å². The maximum absolute atomic E-state index is 5.63. The maximum atomic E-state index is 5.63. The van der Waals surface area contributed by atoms with E-state index in [9.17, 15) is 0 Å². The molecule has 2 heterocycles. The SMILES string of the molecule is c1cc2c(cc1CC1CCCN1)CCCO2. The summed E-state index contributed by atoms with van der Waals surface area (Å²) in [4.78, 5) is 0. The van der Waals surface area contributed by atoms with Crippen molar-refractivity contribution in [1.29, 1.82) is 0 Å². The monoisotopic (exact) mass is 217 g/mol. The molecule has 1 unspecified atom stereocenters. The average Bonchev–Trinajstić information content (AvgIpc) is 2.82. The zero-order valence-corrected chi connectivity index (χ0v) is 9.67. The molecule has 0 aromatic heterocycles. The summed E-state index contributed by atoms with van der Waals surface area (Å²) in [5, 5.41) is 3.55. The van der Waals surface area contributed by atoms with Crippen LogP contribution in [0.2, 0.25) is 0 Å². The highest BCUT2D eigenvalue weighted by molar-refractivity contribution is 5.38. The third-order valence-electron chi connectivity index (χ3n) is 3.62. The molecule has 2 aliphatic heterocycles. The number of hydrogen-bond donors (Lipinski definition) is 1. The zero-order valence-electron chi connectivity index (χ0n) is 9.67. The minimum atomic E-state index is 0.697. The van der Waals surface area contributed by atoms with E-state index in [-0.39, 0.29) is 0 Å². The van der Waals surface area contributed by atoms with Crippen LogP contribution in [0.5, 0.6) is 5.75 Å². The standard InChI is InChI=1S/C14H19NO/c1-4-13(15-7-1)10-11-5-6-14-12(9-11)3-2-8-16-14/h5-6,9,13,15H,1-4,7-8,10H2. The quantitative estimate of drug-likeness (QED) is 0.820. The van der Waals surface area contributed by atoms with Gasteiger partial charge in [0.2, 0.25) is 0 Å². The fourth-order valence-corrected chi connectivity index (χ4v) is 2.76. The van der Waals surface area contributed by atoms with Gasteiger partial charge in [-0.2, -0.15) is 0 Å². The largest absolute Gasteiger partial charge is 0.493 e. The first-order chi connectivity index (χ1) is 7.92. The maximum Gasteiger partial charge on any atom is 0.122 e. The van der Waals surface area contributed by atoms with Crippen molar-refractivity contribution in [1.82, 2.24) is 5.32 Å². The van der Waals surface area contributed by atoms with Crippen LogP contribution in [-0.4, -0.2) is 19.2 Å². The Labute approximate surface area is 97.0 Å². The van der Waals surface area contributed by atoms with E-state index in [2.05, 4.69) is 23.5 Å². The molecular formula is C14H19NO. The van der Waals surface area contributed by atoms with Crippen LogP contribution >= 0.6 is 0 Å². The Balaban J connectivity index is 1.74. The van der Waals surface area contributed by atoms with Crippen LogP contribution in [0.4, 0.5) is 0 Å². The van der Waals surface area contributed by atoms with Crippen LogP contribution in [0.1, 0.15) is 30.4 Å². The van der Waals surface area contributed by atoms with Gasteiger partial charge in [0.15, 0.2) is 0 Å². The van der Waals surface area contributed by atoms with Crippen LogP contribution in [0.3, 0.4) is 0 Å². The molecule has 0 spiro atoms. The van der Waals surface area contributed by atoms with Crippen LogP contribution in [-0.2, 0) is 12.8 Å². The molecule has 0 saturated carbocycles. The molecule has 16 heavy (non-hydrogen) atoms. The van der Waals surface area contributed by atoms with Crippen molar-refractivity contribution in [2.45, 2.75) is 38.1 Å². The van der Waals surface area contributed by atoms with Gasteiger partial charge in [-0.15, -0.1) is 0 Å². The number of nitrogens with one attached hydrogen (secondary N) is 1. The second-order valence-corrected chi connectivity index (χ2v) is 4.89. The highest BCUT2D eigenvalue weighted by Crippen LogP contribution is 2.26. The molecule has 0 radical (unpaired) electrons.